The Labute approximate surface area is 140 Å². The Balaban J connectivity index is 2.84. The van der Waals surface area contributed by atoms with Crippen LogP contribution < -0.4 is 5.32 Å². The molecule has 2 amide bonds. The lowest BCUT2D eigenvalue weighted by Gasteiger charge is -2.31. The van der Waals surface area contributed by atoms with Gasteiger partial charge in [0.1, 0.15) is 6.04 Å². The van der Waals surface area contributed by atoms with Crippen LogP contribution in [0.2, 0.25) is 0 Å². The second-order valence-electron chi connectivity index (χ2n) is 6.16. The minimum Gasteiger partial charge on any atom is -0.352 e. The van der Waals surface area contributed by atoms with Gasteiger partial charge in [-0.1, -0.05) is 44.2 Å². The van der Waals surface area contributed by atoms with E-state index in [2.05, 4.69) is 17.4 Å². The van der Waals surface area contributed by atoms with Gasteiger partial charge in [-0.3, -0.25) is 9.59 Å². The molecule has 0 saturated heterocycles. The lowest BCUT2D eigenvalue weighted by molar-refractivity contribution is -0.141. The third kappa shape index (κ3) is 6.43. The van der Waals surface area contributed by atoms with E-state index in [-0.39, 0.29) is 23.9 Å². The summed E-state index contributed by atoms with van der Waals surface area (Å²) in [6.07, 6.45) is 2.67. The van der Waals surface area contributed by atoms with Gasteiger partial charge in [0.25, 0.3) is 0 Å². The van der Waals surface area contributed by atoms with Gasteiger partial charge in [-0.25, -0.2) is 0 Å². The molecule has 0 radical (unpaired) electrons. The van der Waals surface area contributed by atoms with E-state index >= 15 is 0 Å². The number of carbonyl (C=O) groups is 2. The minimum absolute atomic E-state index is 0.0555. The molecule has 0 saturated carbocycles. The lowest BCUT2D eigenvalue weighted by atomic mass is 10.1. The Morgan fingerprint density at radius 1 is 1.13 bits per heavy atom. The largest absolute Gasteiger partial charge is 0.352 e. The number of rotatable bonds is 9. The van der Waals surface area contributed by atoms with Gasteiger partial charge in [-0.2, -0.15) is 0 Å². The molecule has 0 fully saturated rings. The van der Waals surface area contributed by atoms with Gasteiger partial charge < -0.3 is 10.2 Å². The average molecular weight is 318 g/mol. The van der Waals surface area contributed by atoms with E-state index in [9.17, 15) is 9.59 Å². The van der Waals surface area contributed by atoms with E-state index in [1.165, 1.54) is 5.56 Å². The fraction of sp³-hybridized carbons (Fsp3) is 0.579. The van der Waals surface area contributed by atoms with Crippen LogP contribution in [0.1, 0.15) is 52.5 Å². The molecule has 1 rings (SSSR count). The van der Waals surface area contributed by atoms with Crippen LogP contribution in [0.3, 0.4) is 0 Å². The van der Waals surface area contributed by atoms with E-state index in [1.807, 2.05) is 45.9 Å². The Bertz CT molecular complexity index is 485. The summed E-state index contributed by atoms with van der Waals surface area (Å²) >= 11 is 0. The first-order chi connectivity index (χ1) is 11.0. The van der Waals surface area contributed by atoms with Crippen molar-refractivity contribution >= 4 is 11.8 Å². The SMILES string of the molecule is CCCC(=O)N(CCc1ccccc1)[C@H](CC)C(=O)NC(C)C. The highest BCUT2D eigenvalue weighted by Crippen LogP contribution is 2.11. The summed E-state index contributed by atoms with van der Waals surface area (Å²) < 4.78 is 0. The Morgan fingerprint density at radius 3 is 2.30 bits per heavy atom. The highest BCUT2D eigenvalue weighted by Gasteiger charge is 2.27. The normalized spacial score (nSPS) is 12.0. The highest BCUT2D eigenvalue weighted by molar-refractivity contribution is 5.87. The molecule has 1 aromatic rings. The Hall–Kier alpha value is -1.84. The topological polar surface area (TPSA) is 49.4 Å². The zero-order chi connectivity index (χ0) is 17.2. The summed E-state index contributed by atoms with van der Waals surface area (Å²) in [5, 5.41) is 2.94. The van der Waals surface area contributed by atoms with Crippen LogP contribution in [0.15, 0.2) is 30.3 Å². The van der Waals surface area contributed by atoms with Gasteiger partial charge in [0, 0.05) is 19.0 Å². The Morgan fingerprint density at radius 2 is 1.78 bits per heavy atom. The third-order valence-electron chi connectivity index (χ3n) is 3.76. The Kier molecular flexibility index (Phi) is 8.38. The van der Waals surface area contributed by atoms with Crippen molar-refractivity contribution < 1.29 is 9.59 Å². The second kappa shape index (κ2) is 10.0. The molecule has 128 valence electrons. The summed E-state index contributed by atoms with van der Waals surface area (Å²) in [7, 11) is 0. The molecule has 4 heteroatoms. The van der Waals surface area contributed by atoms with Crippen molar-refractivity contribution in [1.82, 2.24) is 10.2 Å². The van der Waals surface area contributed by atoms with Gasteiger partial charge in [-0.05, 0) is 38.7 Å². The molecule has 1 aromatic carbocycles. The van der Waals surface area contributed by atoms with E-state index < -0.39 is 0 Å². The van der Waals surface area contributed by atoms with Crippen molar-refractivity contribution in [3.05, 3.63) is 35.9 Å². The van der Waals surface area contributed by atoms with Gasteiger partial charge in [0.15, 0.2) is 0 Å². The molecule has 1 N–H and O–H groups in total. The summed E-state index contributed by atoms with van der Waals surface area (Å²) in [6.45, 7) is 8.40. The van der Waals surface area contributed by atoms with Crippen LogP contribution in [-0.2, 0) is 16.0 Å². The molecule has 0 spiro atoms. The first-order valence-electron chi connectivity index (χ1n) is 8.63. The first kappa shape index (κ1) is 19.2. The summed E-state index contributed by atoms with van der Waals surface area (Å²) in [5.74, 6) is 0.00852. The molecule has 0 bridgehead atoms. The minimum atomic E-state index is -0.389. The smallest absolute Gasteiger partial charge is 0.242 e. The standard InChI is InChI=1S/C19H30N2O2/c1-5-10-18(22)21(14-13-16-11-8-7-9-12-16)17(6-2)19(23)20-15(3)4/h7-9,11-12,15,17H,5-6,10,13-14H2,1-4H3,(H,20,23)/t17-/m1/s1. The maximum absolute atomic E-state index is 12.5. The number of nitrogens with one attached hydrogen (secondary N) is 1. The monoisotopic (exact) mass is 318 g/mol. The van der Waals surface area contributed by atoms with Crippen molar-refractivity contribution in [3.63, 3.8) is 0 Å². The van der Waals surface area contributed by atoms with Gasteiger partial charge in [0.05, 0.1) is 0 Å². The molecule has 0 aromatic heterocycles. The van der Waals surface area contributed by atoms with Crippen molar-refractivity contribution in [3.8, 4) is 0 Å². The molecule has 0 aliphatic rings. The molecule has 0 unspecified atom stereocenters. The molecular formula is C19H30N2O2. The maximum Gasteiger partial charge on any atom is 0.242 e. The second-order valence-corrected chi connectivity index (χ2v) is 6.16. The number of nitrogens with zero attached hydrogens (tertiary/aromatic N) is 1. The average Bonchev–Trinajstić information content (AvgIpc) is 2.51. The zero-order valence-electron chi connectivity index (χ0n) is 14.8. The lowest BCUT2D eigenvalue weighted by Crippen LogP contribution is -2.51. The van der Waals surface area contributed by atoms with Crippen LogP contribution in [0.4, 0.5) is 0 Å². The van der Waals surface area contributed by atoms with E-state index in [0.29, 0.717) is 19.4 Å². The summed E-state index contributed by atoms with van der Waals surface area (Å²) in [5.41, 5.74) is 1.18. The van der Waals surface area contributed by atoms with E-state index in [0.717, 1.165) is 12.8 Å². The predicted octanol–water partition coefficient (Wildman–Crippen LogP) is 3.16. The molecule has 23 heavy (non-hydrogen) atoms. The number of hydrogen-bond donors (Lipinski definition) is 1. The number of carbonyl (C=O) groups excluding carboxylic acids is 2. The molecule has 0 heterocycles. The van der Waals surface area contributed by atoms with Gasteiger partial charge in [0.2, 0.25) is 11.8 Å². The fourth-order valence-electron chi connectivity index (χ4n) is 2.63. The molecule has 0 aliphatic heterocycles. The molecule has 0 aliphatic carbocycles. The van der Waals surface area contributed by atoms with Crippen molar-refractivity contribution in [2.45, 2.75) is 65.5 Å². The van der Waals surface area contributed by atoms with Crippen molar-refractivity contribution in [1.29, 1.82) is 0 Å². The quantitative estimate of drug-likeness (QED) is 0.760. The third-order valence-corrected chi connectivity index (χ3v) is 3.76. The fourth-order valence-corrected chi connectivity index (χ4v) is 2.63. The zero-order valence-corrected chi connectivity index (χ0v) is 14.8. The van der Waals surface area contributed by atoms with Crippen LogP contribution in [0, 0.1) is 0 Å². The van der Waals surface area contributed by atoms with E-state index in [1.54, 1.807) is 4.90 Å². The summed E-state index contributed by atoms with van der Waals surface area (Å²) in [6, 6.07) is 9.77. The van der Waals surface area contributed by atoms with Crippen LogP contribution in [0.25, 0.3) is 0 Å². The first-order valence-corrected chi connectivity index (χ1v) is 8.63. The molecular weight excluding hydrogens is 288 g/mol. The van der Waals surface area contributed by atoms with Crippen LogP contribution in [0.5, 0.6) is 0 Å². The number of hydrogen-bond acceptors (Lipinski definition) is 2. The molecule has 1 atom stereocenters. The number of amides is 2. The van der Waals surface area contributed by atoms with Crippen LogP contribution >= 0.6 is 0 Å². The predicted molar refractivity (Wildman–Crippen MR) is 94.1 cm³/mol. The van der Waals surface area contributed by atoms with Gasteiger partial charge in [-0.15, -0.1) is 0 Å². The number of benzene rings is 1. The van der Waals surface area contributed by atoms with Crippen molar-refractivity contribution in [2.75, 3.05) is 6.54 Å². The van der Waals surface area contributed by atoms with Crippen LogP contribution in [-0.4, -0.2) is 35.3 Å². The maximum atomic E-state index is 12.5. The van der Waals surface area contributed by atoms with Crippen molar-refractivity contribution in [2.24, 2.45) is 0 Å². The summed E-state index contributed by atoms with van der Waals surface area (Å²) in [4.78, 5) is 26.7. The highest BCUT2D eigenvalue weighted by atomic mass is 16.2. The van der Waals surface area contributed by atoms with Gasteiger partial charge >= 0.3 is 0 Å². The molecule has 4 nitrogen and oxygen atoms in total. The van der Waals surface area contributed by atoms with E-state index in [4.69, 9.17) is 0 Å².